The first-order chi connectivity index (χ1) is 9.45. The normalized spacial score (nSPS) is 14.1. The molecule has 0 saturated carbocycles. The molecule has 2 unspecified atom stereocenters. The van der Waals surface area contributed by atoms with Crippen LogP contribution in [0.5, 0.6) is 0 Å². The van der Waals surface area contributed by atoms with Crippen LogP contribution < -0.4 is 10.6 Å². The molecule has 2 atom stereocenters. The first-order valence-electron chi connectivity index (χ1n) is 7.24. The van der Waals surface area contributed by atoms with E-state index in [4.69, 9.17) is 0 Å². The SMILES string of the molecule is CCCNC(C(C)C)C(O)c1ccc(NC(C)=O)cc1. The van der Waals surface area contributed by atoms with E-state index in [-0.39, 0.29) is 11.9 Å². The molecule has 3 N–H and O–H groups in total. The summed E-state index contributed by atoms with van der Waals surface area (Å²) in [5.41, 5.74) is 1.61. The van der Waals surface area contributed by atoms with Crippen LogP contribution in [0.4, 0.5) is 5.69 Å². The Morgan fingerprint density at radius 1 is 1.25 bits per heavy atom. The van der Waals surface area contributed by atoms with Crippen molar-refractivity contribution in [3.05, 3.63) is 29.8 Å². The van der Waals surface area contributed by atoms with Gasteiger partial charge in [-0.3, -0.25) is 4.79 Å². The number of hydrogen-bond acceptors (Lipinski definition) is 3. The second kappa shape index (κ2) is 8.02. The van der Waals surface area contributed by atoms with Crippen LogP contribution in [-0.4, -0.2) is 23.6 Å². The van der Waals surface area contributed by atoms with Gasteiger partial charge in [0.2, 0.25) is 5.91 Å². The Morgan fingerprint density at radius 2 is 1.85 bits per heavy atom. The summed E-state index contributed by atoms with van der Waals surface area (Å²) < 4.78 is 0. The van der Waals surface area contributed by atoms with Gasteiger partial charge in [0.15, 0.2) is 0 Å². The maximum atomic E-state index is 11.0. The number of hydrogen-bond donors (Lipinski definition) is 3. The molecule has 1 aromatic carbocycles. The Labute approximate surface area is 121 Å². The van der Waals surface area contributed by atoms with E-state index in [0.29, 0.717) is 5.92 Å². The smallest absolute Gasteiger partial charge is 0.221 e. The molecule has 0 radical (unpaired) electrons. The molecular weight excluding hydrogens is 252 g/mol. The van der Waals surface area contributed by atoms with Gasteiger partial charge in [0, 0.05) is 18.7 Å². The molecule has 4 nitrogen and oxygen atoms in total. The van der Waals surface area contributed by atoms with Crippen LogP contribution in [-0.2, 0) is 4.79 Å². The molecule has 0 aliphatic carbocycles. The summed E-state index contributed by atoms with van der Waals surface area (Å²) in [7, 11) is 0. The monoisotopic (exact) mass is 278 g/mol. The minimum atomic E-state index is -0.548. The standard InChI is InChI=1S/C16H26N2O2/c1-5-10-17-15(11(2)3)16(20)13-6-8-14(9-7-13)18-12(4)19/h6-9,11,15-17,20H,5,10H2,1-4H3,(H,18,19). The van der Waals surface area contributed by atoms with E-state index < -0.39 is 6.10 Å². The predicted molar refractivity (Wildman–Crippen MR) is 82.6 cm³/mol. The van der Waals surface area contributed by atoms with Gasteiger partial charge in [-0.2, -0.15) is 0 Å². The number of benzene rings is 1. The quantitative estimate of drug-likeness (QED) is 0.718. The molecule has 112 valence electrons. The fourth-order valence-electron chi connectivity index (χ4n) is 2.20. The molecule has 1 rings (SSSR count). The van der Waals surface area contributed by atoms with Crippen LogP contribution in [0.3, 0.4) is 0 Å². The average Bonchev–Trinajstić information content (AvgIpc) is 2.38. The number of aliphatic hydroxyl groups is 1. The molecule has 0 bridgehead atoms. The van der Waals surface area contributed by atoms with Crippen molar-refractivity contribution in [3.63, 3.8) is 0 Å². The lowest BCUT2D eigenvalue weighted by molar-refractivity contribution is -0.114. The van der Waals surface area contributed by atoms with Crippen molar-refractivity contribution >= 4 is 11.6 Å². The number of carbonyl (C=O) groups excluding carboxylic acids is 1. The van der Waals surface area contributed by atoms with Crippen LogP contribution in [0.25, 0.3) is 0 Å². The Balaban J connectivity index is 2.78. The molecule has 20 heavy (non-hydrogen) atoms. The summed E-state index contributed by atoms with van der Waals surface area (Å²) in [4.78, 5) is 11.0. The molecule has 0 heterocycles. The van der Waals surface area contributed by atoms with Gasteiger partial charge in [0.25, 0.3) is 0 Å². The summed E-state index contributed by atoms with van der Waals surface area (Å²) in [5, 5.41) is 16.6. The Kier molecular flexibility index (Phi) is 6.68. The summed E-state index contributed by atoms with van der Waals surface area (Å²) in [6.45, 7) is 8.68. The molecule has 0 saturated heterocycles. The zero-order valence-electron chi connectivity index (χ0n) is 12.8. The molecule has 0 spiro atoms. The summed E-state index contributed by atoms with van der Waals surface area (Å²) in [6, 6.07) is 7.38. The highest BCUT2D eigenvalue weighted by Gasteiger charge is 2.23. The molecule has 0 aliphatic heterocycles. The first-order valence-corrected chi connectivity index (χ1v) is 7.24. The average molecular weight is 278 g/mol. The predicted octanol–water partition coefficient (Wildman–Crippen LogP) is 2.70. The molecule has 4 heteroatoms. The van der Waals surface area contributed by atoms with Gasteiger partial charge >= 0.3 is 0 Å². The minimum absolute atomic E-state index is 0.0292. The van der Waals surface area contributed by atoms with Crippen molar-refractivity contribution in [2.45, 2.75) is 46.3 Å². The van der Waals surface area contributed by atoms with Crippen LogP contribution in [0.15, 0.2) is 24.3 Å². The maximum Gasteiger partial charge on any atom is 0.221 e. The Hall–Kier alpha value is -1.39. The Bertz CT molecular complexity index is 415. The number of amides is 1. The fraction of sp³-hybridized carbons (Fsp3) is 0.562. The number of carbonyl (C=O) groups is 1. The van der Waals surface area contributed by atoms with Crippen LogP contribution in [0, 0.1) is 5.92 Å². The van der Waals surface area contributed by atoms with Crippen molar-refractivity contribution < 1.29 is 9.90 Å². The van der Waals surface area contributed by atoms with Gasteiger partial charge in [0.1, 0.15) is 0 Å². The first kappa shape index (κ1) is 16.7. The molecule has 1 aromatic rings. The largest absolute Gasteiger partial charge is 0.387 e. The van der Waals surface area contributed by atoms with E-state index in [0.717, 1.165) is 24.2 Å². The van der Waals surface area contributed by atoms with E-state index in [2.05, 4.69) is 31.4 Å². The highest BCUT2D eigenvalue weighted by atomic mass is 16.3. The number of aliphatic hydroxyl groups excluding tert-OH is 1. The number of nitrogens with one attached hydrogen (secondary N) is 2. The molecule has 0 fully saturated rings. The lowest BCUT2D eigenvalue weighted by Crippen LogP contribution is -2.39. The van der Waals surface area contributed by atoms with Crippen molar-refractivity contribution in [1.29, 1.82) is 0 Å². The molecule has 0 aliphatic rings. The lowest BCUT2D eigenvalue weighted by Gasteiger charge is -2.28. The van der Waals surface area contributed by atoms with E-state index in [1.807, 2.05) is 24.3 Å². The third-order valence-electron chi connectivity index (χ3n) is 3.26. The third kappa shape index (κ3) is 4.94. The maximum absolute atomic E-state index is 11.0. The van der Waals surface area contributed by atoms with Crippen molar-refractivity contribution in [3.8, 4) is 0 Å². The Morgan fingerprint density at radius 3 is 2.30 bits per heavy atom. The molecule has 1 amide bonds. The van der Waals surface area contributed by atoms with Crippen LogP contribution in [0.2, 0.25) is 0 Å². The highest BCUT2D eigenvalue weighted by Crippen LogP contribution is 2.23. The van der Waals surface area contributed by atoms with Gasteiger partial charge in [-0.15, -0.1) is 0 Å². The number of anilines is 1. The second-order valence-corrected chi connectivity index (χ2v) is 5.47. The topological polar surface area (TPSA) is 61.4 Å². The zero-order chi connectivity index (χ0) is 15.1. The van der Waals surface area contributed by atoms with Crippen LogP contribution in [0.1, 0.15) is 45.8 Å². The lowest BCUT2D eigenvalue weighted by atomic mass is 9.93. The second-order valence-electron chi connectivity index (χ2n) is 5.47. The minimum Gasteiger partial charge on any atom is -0.387 e. The van der Waals surface area contributed by atoms with Gasteiger partial charge < -0.3 is 15.7 Å². The van der Waals surface area contributed by atoms with Gasteiger partial charge in [-0.25, -0.2) is 0 Å². The van der Waals surface area contributed by atoms with Gasteiger partial charge in [-0.1, -0.05) is 32.9 Å². The fourth-order valence-corrected chi connectivity index (χ4v) is 2.20. The summed E-state index contributed by atoms with van der Waals surface area (Å²) in [6.07, 6.45) is 0.491. The van der Waals surface area contributed by atoms with E-state index in [1.54, 1.807) is 0 Å². The van der Waals surface area contributed by atoms with E-state index in [9.17, 15) is 9.90 Å². The van der Waals surface area contributed by atoms with Gasteiger partial charge in [-0.05, 0) is 36.6 Å². The zero-order valence-corrected chi connectivity index (χ0v) is 12.8. The van der Waals surface area contributed by atoms with Gasteiger partial charge in [0.05, 0.1) is 6.10 Å². The molecular formula is C16H26N2O2. The van der Waals surface area contributed by atoms with E-state index >= 15 is 0 Å². The summed E-state index contributed by atoms with van der Waals surface area (Å²) in [5.74, 6) is 0.245. The van der Waals surface area contributed by atoms with Crippen molar-refractivity contribution in [1.82, 2.24) is 5.32 Å². The van der Waals surface area contributed by atoms with Crippen molar-refractivity contribution in [2.24, 2.45) is 5.92 Å². The summed E-state index contributed by atoms with van der Waals surface area (Å²) >= 11 is 0. The highest BCUT2D eigenvalue weighted by molar-refractivity contribution is 5.88. The molecule has 0 aromatic heterocycles. The van der Waals surface area contributed by atoms with E-state index in [1.165, 1.54) is 6.92 Å². The number of rotatable bonds is 7. The van der Waals surface area contributed by atoms with Crippen LogP contribution >= 0.6 is 0 Å². The van der Waals surface area contributed by atoms with Crippen molar-refractivity contribution in [2.75, 3.05) is 11.9 Å². The third-order valence-corrected chi connectivity index (χ3v) is 3.26.